The fourth-order valence-corrected chi connectivity index (χ4v) is 2.66. The number of carbonyl (C=O) groups excluding carboxylic acids is 1. The maximum absolute atomic E-state index is 12.1. The number of aromatic nitrogens is 1. The Kier molecular flexibility index (Phi) is 6.79. The van der Waals surface area contributed by atoms with Gasteiger partial charge in [-0.1, -0.05) is 31.9 Å². The lowest BCUT2D eigenvalue weighted by Crippen LogP contribution is -2.25. The van der Waals surface area contributed by atoms with Gasteiger partial charge in [0.2, 0.25) is 0 Å². The quantitative estimate of drug-likeness (QED) is 0.728. The predicted octanol–water partition coefficient (Wildman–Crippen LogP) is 4.47. The molecule has 128 valence electrons. The Bertz CT molecular complexity index is 652. The average Bonchev–Trinajstić information content (AvgIpc) is 2.60. The first-order chi connectivity index (χ1) is 11.7. The molecule has 24 heavy (non-hydrogen) atoms. The lowest BCUT2D eigenvalue weighted by molar-refractivity contribution is 0.0948. The van der Waals surface area contributed by atoms with Gasteiger partial charge in [-0.25, -0.2) is 4.98 Å². The fourth-order valence-electron chi connectivity index (χ4n) is 2.66. The van der Waals surface area contributed by atoms with Crippen molar-refractivity contribution in [1.29, 1.82) is 0 Å². The molecule has 0 aliphatic heterocycles. The molecular weight excluding hydrogens is 298 g/mol. The van der Waals surface area contributed by atoms with E-state index in [2.05, 4.69) is 60.2 Å². The smallest absolute Gasteiger partial charge is 0.269 e. The molecule has 1 amide bonds. The molecule has 0 spiro atoms. The topological polar surface area (TPSA) is 45.2 Å². The summed E-state index contributed by atoms with van der Waals surface area (Å²) in [5.74, 6) is -0.101. The van der Waals surface area contributed by atoms with Crippen LogP contribution in [0, 0.1) is 6.92 Å². The van der Waals surface area contributed by atoms with Crippen molar-refractivity contribution in [2.24, 2.45) is 0 Å². The lowest BCUT2D eigenvalue weighted by atomic mass is 10.2. The molecule has 0 bridgehead atoms. The van der Waals surface area contributed by atoms with Gasteiger partial charge in [0.1, 0.15) is 5.69 Å². The van der Waals surface area contributed by atoms with Crippen molar-refractivity contribution in [3.05, 3.63) is 53.9 Å². The molecule has 0 unspecified atom stereocenters. The molecule has 4 nitrogen and oxygen atoms in total. The zero-order valence-corrected chi connectivity index (χ0v) is 14.9. The molecule has 2 aromatic rings. The number of pyridine rings is 1. The van der Waals surface area contributed by atoms with Crippen molar-refractivity contribution in [3.63, 3.8) is 0 Å². The molecule has 0 fully saturated rings. The van der Waals surface area contributed by atoms with Gasteiger partial charge in [0, 0.05) is 18.8 Å². The van der Waals surface area contributed by atoms with Crippen molar-refractivity contribution < 1.29 is 4.79 Å². The molecule has 0 aliphatic rings. The van der Waals surface area contributed by atoms with Gasteiger partial charge in [0.15, 0.2) is 0 Å². The first-order valence-electron chi connectivity index (χ1n) is 8.74. The van der Waals surface area contributed by atoms with Gasteiger partial charge in [-0.15, -0.1) is 0 Å². The van der Waals surface area contributed by atoms with E-state index in [1.807, 2.05) is 6.07 Å². The fraction of sp³-hybridized carbons (Fsp3) is 0.400. The van der Waals surface area contributed by atoms with E-state index in [0.717, 1.165) is 37.2 Å². The third-order valence-corrected chi connectivity index (χ3v) is 3.99. The monoisotopic (exact) mass is 325 g/mol. The van der Waals surface area contributed by atoms with Crippen molar-refractivity contribution in [2.75, 3.05) is 18.0 Å². The second kappa shape index (κ2) is 9.06. The highest BCUT2D eigenvalue weighted by atomic mass is 16.1. The van der Waals surface area contributed by atoms with Crippen LogP contribution in [-0.4, -0.2) is 24.0 Å². The molecule has 0 saturated heterocycles. The van der Waals surface area contributed by atoms with Crippen LogP contribution >= 0.6 is 0 Å². The van der Waals surface area contributed by atoms with Crippen LogP contribution in [0.5, 0.6) is 0 Å². The van der Waals surface area contributed by atoms with E-state index in [1.54, 1.807) is 12.3 Å². The summed E-state index contributed by atoms with van der Waals surface area (Å²) >= 11 is 0. The SMILES string of the molecule is CCCCCNC(=O)c1ccc(N(CC)c2cccc(C)c2)cn1. The number of nitrogens with one attached hydrogen (secondary N) is 1. The van der Waals surface area contributed by atoms with Crippen LogP contribution < -0.4 is 10.2 Å². The first-order valence-corrected chi connectivity index (χ1v) is 8.74. The van der Waals surface area contributed by atoms with Crippen molar-refractivity contribution in [3.8, 4) is 0 Å². The zero-order valence-electron chi connectivity index (χ0n) is 14.9. The summed E-state index contributed by atoms with van der Waals surface area (Å²) in [6.07, 6.45) is 5.06. The van der Waals surface area contributed by atoms with Gasteiger partial charge in [-0.2, -0.15) is 0 Å². The van der Waals surface area contributed by atoms with Crippen molar-refractivity contribution in [1.82, 2.24) is 10.3 Å². The highest BCUT2D eigenvalue weighted by Gasteiger charge is 2.10. The minimum atomic E-state index is -0.101. The molecule has 1 aromatic carbocycles. The summed E-state index contributed by atoms with van der Waals surface area (Å²) in [6.45, 7) is 7.89. The number of rotatable bonds is 8. The third kappa shape index (κ3) is 4.82. The Hall–Kier alpha value is -2.36. The van der Waals surface area contributed by atoms with Gasteiger partial charge in [-0.3, -0.25) is 4.79 Å². The Morgan fingerprint density at radius 1 is 1.12 bits per heavy atom. The maximum atomic E-state index is 12.1. The van der Waals surface area contributed by atoms with E-state index >= 15 is 0 Å². The third-order valence-electron chi connectivity index (χ3n) is 3.99. The standard InChI is InChI=1S/C20H27N3O/c1-4-6-7-13-21-20(24)19-12-11-18(15-22-19)23(5-2)17-10-8-9-16(3)14-17/h8-12,14-15H,4-7,13H2,1-3H3,(H,21,24). The summed E-state index contributed by atoms with van der Waals surface area (Å²) in [7, 11) is 0. The van der Waals surface area contributed by atoms with E-state index in [0.29, 0.717) is 12.2 Å². The van der Waals surface area contributed by atoms with Crippen LogP contribution in [0.1, 0.15) is 49.2 Å². The van der Waals surface area contributed by atoms with Crippen LogP contribution in [0.25, 0.3) is 0 Å². The van der Waals surface area contributed by atoms with Crippen molar-refractivity contribution >= 4 is 17.3 Å². The Balaban J connectivity index is 2.06. The average molecular weight is 325 g/mol. The van der Waals surface area contributed by atoms with Crippen LogP contribution in [-0.2, 0) is 0 Å². The molecule has 0 radical (unpaired) electrons. The van der Waals surface area contributed by atoms with E-state index in [1.165, 1.54) is 5.56 Å². The Morgan fingerprint density at radius 2 is 1.96 bits per heavy atom. The Morgan fingerprint density at radius 3 is 2.58 bits per heavy atom. The summed E-state index contributed by atoms with van der Waals surface area (Å²) in [6, 6.07) is 12.1. The van der Waals surface area contributed by atoms with E-state index < -0.39 is 0 Å². The van der Waals surface area contributed by atoms with Gasteiger partial charge < -0.3 is 10.2 Å². The number of anilines is 2. The number of hydrogen-bond acceptors (Lipinski definition) is 3. The first kappa shape index (κ1) is 18.0. The second-order valence-corrected chi connectivity index (χ2v) is 5.95. The minimum absolute atomic E-state index is 0.101. The number of benzene rings is 1. The number of nitrogens with zero attached hydrogens (tertiary/aromatic N) is 2. The van der Waals surface area contributed by atoms with Crippen LogP contribution in [0.4, 0.5) is 11.4 Å². The minimum Gasteiger partial charge on any atom is -0.351 e. The molecule has 0 atom stereocenters. The molecule has 0 saturated carbocycles. The van der Waals surface area contributed by atoms with Crippen molar-refractivity contribution in [2.45, 2.75) is 40.0 Å². The number of unbranched alkanes of at least 4 members (excludes halogenated alkanes) is 2. The highest BCUT2D eigenvalue weighted by Crippen LogP contribution is 2.25. The van der Waals surface area contributed by atoms with E-state index in [-0.39, 0.29) is 5.91 Å². The van der Waals surface area contributed by atoms with Crippen LogP contribution in [0.2, 0.25) is 0 Å². The summed E-state index contributed by atoms with van der Waals surface area (Å²) in [4.78, 5) is 18.6. The number of amides is 1. The van der Waals surface area contributed by atoms with Gasteiger partial charge >= 0.3 is 0 Å². The number of carbonyl (C=O) groups is 1. The lowest BCUT2D eigenvalue weighted by Gasteiger charge is -2.23. The molecule has 1 aromatic heterocycles. The van der Waals surface area contributed by atoms with Gasteiger partial charge in [0.05, 0.1) is 11.9 Å². The summed E-state index contributed by atoms with van der Waals surface area (Å²) in [5, 5.41) is 2.92. The highest BCUT2D eigenvalue weighted by molar-refractivity contribution is 5.92. The molecular formula is C20H27N3O. The van der Waals surface area contributed by atoms with Gasteiger partial charge in [-0.05, 0) is 50.1 Å². The van der Waals surface area contributed by atoms with E-state index in [4.69, 9.17) is 0 Å². The van der Waals surface area contributed by atoms with Crippen LogP contribution in [0.3, 0.4) is 0 Å². The van der Waals surface area contributed by atoms with E-state index in [9.17, 15) is 4.79 Å². The molecule has 2 rings (SSSR count). The molecule has 4 heteroatoms. The van der Waals surface area contributed by atoms with Gasteiger partial charge in [0.25, 0.3) is 5.91 Å². The number of aryl methyl sites for hydroxylation is 1. The Labute approximate surface area is 144 Å². The second-order valence-electron chi connectivity index (χ2n) is 5.95. The predicted molar refractivity (Wildman–Crippen MR) is 100.0 cm³/mol. The molecule has 0 aliphatic carbocycles. The maximum Gasteiger partial charge on any atom is 0.269 e. The zero-order chi connectivity index (χ0) is 17.4. The summed E-state index contributed by atoms with van der Waals surface area (Å²) in [5.41, 5.74) is 3.82. The molecule has 1 heterocycles. The number of hydrogen-bond donors (Lipinski definition) is 1. The molecule has 1 N–H and O–H groups in total. The van der Waals surface area contributed by atoms with Crippen LogP contribution in [0.15, 0.2) is 42.6 Å². The largest absolute Gasteiger partial charge is 0.351 e. The summed E-state index contributed by atoms with van der Waals surface area (Å²) < 4.78 is 0. The normalized spacial score (nSPS) is 10.5.